The fourth-order valence-electron chi connectivity index (χ4n) is 0.906. The monoisotopic (exact) mass is 246 g/mol. The number of unbranched alkanes of at least 4 members (excludes halogenated alkanes) is 3. The van der Waals surface area contributed by atoms with Crippen molar-refractivity contribution in [3.05, 3.63) is 0 Å². The summed E-state index contributed by atoms with van der Waals surface area (Å²) in [5.41, 5.74) is 0. The Morgan fingerprint density at radius 3 is 1.41 bits per heavy atom. The smallest absolute Gasteiger partial charge is 0.303 e. The highest BCUT2D eigenvalue weighted by Crippen LogP contribution is 2.04. The van der Waals surface area contributed by atoms with Crippen LogP contribution in [0.4, 0.5) is 0 Å². The Bertz CT molecular complexity index is 205. The number of hydrogen-bond donors (Lipinski definition) is 2. The topological polar surface area (TPSA) is 91.7 Å². The van der Waals surface area contributed by atoms with E-state index < -0.39 is 11.9 Å². The summed E-state index contributed by atoms with van der Waals surface area (Å²) in [5.74, 6) is -1.36. The molecule has 0 atom stereocenters. The van der Waals surface area contributed by atoms with Crippen LogP contribution in [-0.4, -0.2) is 28.4 Å². The molecule has 0 fully saturated rings. The van der Waals surface area contributed by atoms with Gasteiger partial charge in [0.05, 0.1) is 0 Å². The van der Waals surface area contributed by atoms with Gasteiger partial charge in [-0.2, -0.15) is 0 Å². The van der Waals surface area contributed by atoms with E-state index >= 15 is 0 Å². The van der Waals surface area contributed by atoms with Gasteiger partial charge in [0, 0.05) is 18.8 Å². The molecule has 0 aromatic rings. The Balaban J connectivity index is 0. The molecule has 0 rings (SSSR count). The lowest BCUT2D eigenvalue weighted by atomic mass is 10.1. The predicted molar refractivity (Wildman–Crippen MR) is 63.9 cm³/mol. The summed E-state index contributed by atoms with van der Waals surface area (Å²) >= 11 is 0. The summed E-state index contributed by atoms with van der Waals surface area (Å²) in [6.45, 7) is 3.71. The van der Waals surface area contributed by atoms with Gasteiger partial charge in [-0.3, -0.25) is 9.59 Å². The Morgan fingerprint density at radius 2 is 1.24 bits per heavy atom. The van der Waals surface area contributed by atoms with E-state index in [9.17, 15) is 14.4 Å². The normalized spacial score (nSPS) is 9.35. The van der Waals surface area contributed by atoms with Crippen molar-refractivity contribution >= 4 is 18.2 Å². The zero-order valence-electron chi connectivity index (χ0n) is 10.5. The van der Waals surface area contributed by atoms with Crippen molar-refractivity contribution < 1.29 is 24.6 Å². The van der Waals surface area contributed by atoms with Crippen LogP contribution in [0.15, 0.2) is 0 Å². The molecular weight excluding hydrogens is 224 g/mol. The molecule has 0 aromatic heterocycles. The molecule has 5 nitrogen and oxygen atoms in total. The molecule has 2 N–H and O–H groups in total. The van der Waals surface area contributed by atoms with Crippen molar-refractivity contribution in [1.29, 1.82) is 0 Å². The van der Waals surface area contributed by atoms with Gasteiger partial charge in [0.2, 0.25) is 0 Å². The SMILES string of the molecule is CC(C)C=O.O=C(O)CCCCCCC(=O)O. The molecule has 17 heavy (non-hydrogen) atoms. The van der Waals surface area contributed by atoms with E-state index in [2.05, 4.69) is 0 Å². The van der Waals surface area contributed by atoms with Crippen molar-refractivity contribution in [2.75, 3.05) is 0 Å². The first-order valence-electron chi connectivity index (χ1n) is 5.79. The van der Waals surface area contributed by atoms with Crippen LogP contribution in [0.2, 0.25) is 0 Å². The molecule has 0 saturated heterocycles. The van der Waals surface area contributed by atoms with Crippen LogP contribution in [-0.2, 0) is 14.4 Å². The lowest BCUT2D eigenvalue weighted by Gasteiger charge is -1.96. The zero-order valence-corrected chi connectivity index (χ0v) is 10.5. The second-order valence-electron chi connectivity index (χ2n) is 4.08. The standard InChI is InChI=1S/C8H14O4.C4H8O/c9-7(10)5-3-1-2-4-6-8(11)12;1-4(2)3-5/h1-6H2,(H,9,10)(H,11,12);3-4H,1-2H3. The maximum Gasteiger partial charge on any atom is 0.303 e. The summed E-state index contributed by atoms with van der Waals surface area (Å²) in [6, 6.07) is 0. The number of carboxylic acid groups (broad SMARTS) is 2. The number of hydrogen-bond acceptors (Lipinski definition) is 3. The molecule has 0 radical (unpaired) electrons. The lowest BCUT2D eigenvalue weighted by molar-refractivity contribution is -0.138. The van der Waals surface area contributed by atoms with Crippen LogP contribution in [0.25, 0.3) is 0 Å². The van der Waals surface area contributed by atoms with Crippen LogP contribution in [0.1, 0.15) is 52.4 Å². The van der Waals surface area contributed by atoms with Crippen molar-refractivity contribution in [1.82, 2.24) is 0 Å². The Labute approximate surface area is 102 Å². The third-order valence-corrected chi connectivity index (χ3v) is 1.80. The van der Waals surface area contributed by atoms with Crippen LogP contribution >= 0.6 is 0 Å². The van der Waals surface area contributed by atoms with Gasteiger partial charge in [-0.1, -0.05) is 26.7 Å². The first-order chi connectivity index (χ1) is 7.90. The Hall–Kier alpha value is -1.39. The summed E-state index contributed by atoms with van der Waals surface area (Å²) in [4.78, 5) is 29.6. The molecule has 0 aliphatic rings. The highest BCUT2D eigenvalue weighted by Gasteiger charge is 1.98. The molecule has 0 bridgehead atoms. The molecule has 0 amide bonds. The van der Waals surface area contributed by atoms with Crippen molar-refractivity contribution in [2.24, 2.45) is 5.92 Å². The number of carboxylic acids is 2. The van der Waals surface area contributed by atoms with E-state index in [4.69, 9.17) is 10.2 Å². The van der Waals surface area contributed by atoms with Crippen molar-refractivity contribution in [2.45, 2.75) is 52.4 Å². The van der Waals surface area contributed by atoms with Gasteiger partial charge < -0.3 is 15.0 Å². The second kappa shape index (κ2) is 12.7. The van der Waals surface area contributed by atoms with Crippen LogP contribution < -0.4 is 0 Å². The average Bonchev–Trinajstić information content (AvgIpc) is 2.23. The quantitative estimate of drug-likeness (QED) is 0.506. The van der Waals surface area contributed by atoms with E-state index in [-0.39, 0.29) is 18.8 Å². The summed E-state index contributed by atoms with van der Waals surface area (Å²) in [7, 11) is 0. The fraction of sp³-hybridized carbons (Fsp3) is 0.750. The average molecular weight is 246 g/mol. The third-order valence-electron chi connectivity index (χ3n) is 1.80. The minimum absolute atomic E-state index is 0.188. The van der Waals surface area contributed by atoms with Crippen molar-refractivity contribution in [3.63, 3.8) is 0 Å². The molecule has 0 saturated carbocycles. The summed E-state index contributed by atoms with van der Waals surface area (Å²) in [5, 5.41) is 16.5. The number of rotatable bonds is 8. The molecule has 0 heterocycles. The van der Waals surface area contributed by atoms with Gasteiger partial charge in [-0.15, -0.1) is 0 Å². The van der Waals surface area contributed by atoms with Gasteiger partial charge in [0.25, 0.3) is 0 Å². The zero-order chi connectivity index (χ0) is 13.7. The van der Waals surface area contributed by atoms with E-state index in [1.165, 1.54) is 0 Å². The minimum atomic E-state index is -0.784. The molecule has 0 unspecified atom stereocenters. The maximum atomic E-state index is 10.0. The lowest BCUT2D eigenvalue weighted by Crippen LogP contribution is -1.95. The Kier molecular flexibility index (Phi) is 13.4. The van der Waals surface area contributed by atoms with Crippen LogP contribution in [0.5, 0.6) is 0 Å². The fourth-order valence-corrected chi connectivity index (χ4v) is 0.906. The number of aliphatic carboxylic acids is 2. The molecule has 5 heteroatoms. The second-order valence-corrected chi connectivity index (χ2v) is 4.08. The maximum absolute atomic E-state index is 10.0. The van der Waals surface area contributed by atoms with E-state index in [0.29, 0.717) is 12.8 Å². The highest BCUT2D eigenvalue weighted by atomic mass is 16.4. The molecule has 0 aliphatic heterocycles. The molecule has 100 valence electrons. The molecule has 0 aliphatic carbocycles. The predicted octanol–water partition coefficient (Wildman–Crippen LogP) is 2.34. The van der Waals surface area contributed by atoms with E-state index in [0.717, 1.165) is 19.1 Å². The first-order valence-corrected chi connectivity index (χ1v) is 5.79. The number of carbonyl (C=O) groups excluding carboxylic acids is 1. The third kappa shape index (κ3) is 25.2. The van der Waals surface area contributed by atoms with E-state index in [1.807, 2.05) is 13.8 Å². The highest BCUT2D eigenvalue weighted by molar-refractivity contribution is 5.66. The molecule has 0 aromatic carbocycles. The van der Waals surface area contributed by atoms with Gasteiger partial charge in [-0.25, -0.2) is 0 Å². The summed E-state index contributed by atoms with van der Waals surface area (Å²) < 4.78 is 0. The number of carbonyl (C=O) groups is 3. The molecule has 0 spiro atoms. The number of aldehydes is 1. The summed E-state index contributed by atoms with van der Waals surface area (Å²) in [6.07, 6.45) is 4.20. The van der Waals surface area contributed by atoms with Gasteiger partial charge >= 0.3 is 11.9 Å². The van der Waals surface area contributed by atoms with Crippen molar-refractivity contribution in [3.8, 4) is 0 Å². The Morgan fingerprint density at radius 1 is 0.941 bits per heavy atom. The van der Waals surface area contributed by atoms with Crippen LogP contribution in [0.3, 0.4) is 0 Å². The van der Waals surface area contributed by atoms with Gasteiger partial charge in [0.15, 0.2) is 0 Å². The van der Waals surface area contributed by atoms with Crippen LogP contribution in [0, 0.1) is 5.92 Å². The minimum Gasteiger partial charge on any atom is -0.481 e. The largest absolute Gasteiger partial charge is 0.481 e. The van der Waals surface area contributed by atoms with Gasteiger partial charge in [-0.05, 0) is 12.8 Å². The first kappa shape index (κ1) is 18.0. The molecular formula is C12H22O5. The van der Waals surface area contributed by atoms with E-state index in [1.54, 1.807) is 0 Å². The van der Waals surface area contributed by atoms with Gasteiger partial charge in [0.1, 0.15) is 6.29 Å².